The van der Waals surface area contributed by atoms with Gasteiger partial charge < -0.3 is 25.0 Å². The highest BCUT2D eigenvalue weighted by Gasteiger charge is 2.22. The summed E-state index contributed by atoms with van der Waals surface area (Å²) in [5.41, 5.74) is 1.89. The van der Waals surface area contributed by atoms with Crippen molar-refractivity contribution < 1.29 is 18.3 Å². The molecule has 0 spiro atoms. The molecule has 8 nitrogen and oxygen atoms in total. The van der Waals surface area contributed by atoms with Gasteiger partial charge in [-0.05, 0) is 18.2 Å². The Balaban J connectivity index is 1.48. The van der Waals surface area contributed by atoms with Gasteiger partial charge in [-0.3, -0.25) is 4.98 Å². The van der Waals surface area contributed by atoms with Crippen LogP contribution in [0, 0.1) is 11.6 Å². The second-order valence-electron chi connectivity index (χ2n) is 7.75. The minimum absolute atomic E-state index is 0.0105. The Morgan fingerprint density at radius 2 is 1.84 bits per heavy atom. The van der Waals surface area contributed by atoms with E-state index < -0.39 is 11.6 Å². The van der Waals surface area contributed by atoms with Crippen LogP contribution in [0.5, 0.6) is 0 Å². The van der Waals surface area contributed by atoms with Crippen molar-refractivity contribution in [3.63, 3.8) is 0 Å². The standard InChI is InChI=1S/C22H24F2N6O2/c23-16-9-14(10-17(24)21(16)30-4-7-31-8-5-30)18-11-19-20(27-2-1-26-19)22(29-18)28-13-15-12-25-3-6-32-15/h1-2,9-11,15,25H,3-8,12-13H2,(H,28,29)/t15-/m0/s1. The summed E-state index contributed by atoms with van der Waals surface area (Å²) in [4.78, 5) is 15.0. The number of benzene rings is 1. The normalized spacial score (nSPS) is 19.3. The molecule has 0 bridgehead atoms. The summed E-state index contributed by atoms with van der Waals surface area (Å²) in [5, 5.41) is 6.55. The molecule has 168 valence electrons. The molecular formula is C22H24F2N6O2. The molecule has 5 rings (SSSR count). The highest BCUT2D eigenvalue weighted by atomic mass is 19.1. The number of fused-ring (bicyclic) bond motifs is 1. The van der Waals surface area contributed by atoms with Gasteiger partial charge in [0.1, 0.15) is 22.8 Å². The number of halogens is 2. The quantitative estimate of drug-likeness (QED) is 0.622. The lowest BCUT2D eigenvalue weighted by Gasteiger charge is -2.29. The lowest BCUT2D eigenvalue weighted by molar-refractivity contribution is 0.0372. The molecule has 32 heavy (non-hydrogen) atoms. The van der Waals surface area contributed by atoms with Gasteiger partial charge in [0.2, 0.25) is 0 Å². The molecule has 0 amide bonds. The SMILES string of the molecule is Fc1cc(-c2cc3nccnc3c(NC[C@@H]3CNCCO3)n2)cc(F)c1N1CCOCC1. The Labute approximate surface area is 184 Å². The first-order valence-corrected chi connectivity index (χ1v) is 10.7. The minimum atomic E-state index is -0.626. The van der Waals surface area contributed by atoms with Crippen LogP contribution in [0.15, 0.2) is 30.6 Å². The Kier molecular flexibility index (Phi) is 6.06. The van der Waals surface area contributed by atoms with Gasteiger partial charge in [0.05, 0.1) is 37.1 Å². The number of hydrogen-bond donors (Lipinski definition) is 2. The Bertz CT molecular complexity index is 1080. The van der Waals surface area contributed by atoms with E-state index in [-0.39, 0.29) is 11.8 Å². The van der Waals surface area contributed by atoms with Crippen LogP contribution in [0.3, 0.4) is 0 Å². The van der Waals surface area contributed by atoms with Gasteiger partial charge >= 0.3 is 0 Å². The van der Waals surface area contributed by atoms with Crippen molar-refractivity contribution in [1.82, 2.24) is 20.3 Å². The molecule has 2 fully saturated rings. The predicted octanol–water partition coefficient (Wildman–Crippen LogP) is 2.21. The van der Waals surface area contributed by atoms with Gasteiger partial charge in [0.15, 0.2) is 5.82 Å². The monoisotopic (exact) mass is 442 g/mol. The maximum absolute atomic E-state index is 15.0. The number of aromatic nitrogens is 3. The van der Waals surface area contributed by atoms with Crippen LogP contribution >= 0.6 is 0 Å². The number of anilines is 2. The fourth-order valence-corrected chi connectivity index (χ4v) is 4.01. The summed E-state index contributed by atoms with van der Waals surface area (Å²) in [6.45, 7) is 4.52. The molecule has 2 saturated heterocycles. The Morgan fingerprint density at radius 3 is 2.59 bits per heavy atom. The third-order valence-electron chi connectivity index (χ3n) is 5.60. The first kappa shape index (κ1) is 20.9. The van der Waals surface area contributed by atoms with Gasteiger partial charge in [0, 0.05) is 50.7 Å². The van der Waals surface area contributed by atoms with Gasteiger partial charge in [-0.15, -0.1) is 0 Å². The maximum Gasteiger partial charge on any atom is 0.154 e. The van der Waals surface area contributed by atoms with E-state index in [2.05, 4.69) is 25.6 Å². The molecule has 0 radical (unpaired) electrons. The van der Waals surface area contributed by atoms with E-state index in [0.29, 0.717) is 67.6 Å². The Hall–Kier alpha value is -2.95. The van der Waals surface area contributed by atoms with Crippen molar-refractivity contribution >= 4 is 22.5 Å². The summed E-state index contributed by atoms with van der Waals surface area (Å²) < 4.78 is 41.0. The third kappa shape index (κ3) is 4.34. The fraction of sp³-hybridized carbons (Fsp3) is 0.409. The van der Waals surface area contributed by atoms with E-state index >= 15 is 0 Å². The number of ether oxygens (including phenoxy) is 2. The zero-order valence-corrected chi connectivity index (χ0v) is 17.5. The molecule has 2 N–H and O–H groups in total. The molecule has 0 saturated carbocycles. The smallest absolute Gasteiger partial charge is 0.154 e. The number of pyridine rings is 1. The van der Waals surface area contributed by atoms with E-state index in [1.54, 1.807) is 23.4 Å². The number of morpholine rings is 2. The molecule has 0 unspecified atom stereocenters. The largest absolute Gasteiger partial charge is 0.378 e. The number of nitrogens with zero attached hydrogens (tertiary/aromatic N) is 4. The van der Waals surface area contributed by atoms with Crippen LogP contribution in [-0.4, -0.2) is 73.6 Å². The Morgan fingerprint density at radius 1 is 1.06 bits per heavy atom. The first-order chi connectivity index (χ1) is 15.7. The van der Waals surface area contributed by atoms with Gasteiger partial charge in [0.25, 0.3) is 0 Å². The zero-order valence-electron chi connectivity index (χ0n) is 17.5. The van der Waals surface area contributed by atoms with E-state index in [1.807, 2.05) is 0 Å². The number of rotatable bonds is 5. The van der Waals surface area contributed by atoms with Crippen molar-refractivity contribution in [2.24, 2.45) is 0 Å². The van der Waals surface area contributed by atoms with Crippen LogP contribution < -0.4 is 15.5 Å². The summed E-state index contributed by atoms with van der Waals surface area (Å²) >= 11 is 0. The summed E-state index contributed by atoms with van der Waals surface area (Å²) in [6, 6.07) is 4.32. The van der Waals surface area contributed by atoms with E-state index in [9.17, 15) is 8.78 Å². The fourth-order valence-electron chi connectivity index (χ4n) is 4.01. The van der Waals surface area contributed by atoms with Gasteiger partial charge in [-0.25, -0.2) is 18.7 Å². The van der Waals surface area contributed by atoms with Crippen LogP contribution in [0.2, 0.25) is 0 Å². The third-order valence-corrected chi connectivity index (χ3v) is 5.60. The topological polar surface area (TPSA) is 84.4 Å². The van der Waals surface area contributed by atoms with Gasteiger partial charge in [-0.2, -0.15) is 0 Å². The first-order valence-electron chi connectivity index (χ1n) is 10.7. The number of hydrogen-bond acceptors (Lipinski definition) is 8. The van der Waals surface area contributed by atoms with Crippen LogP contribution in [0.4, 0.5) is 20.3 Å². The molecular weight excluding hydrogens is 418 g/mol. The maximum atomic E-state index is 15.0. The van der Waals surface area contributed by atoms with Gasteiger partial charge in [-0.1, -0.05) is 0 Å². The zero-order chi connectivity index (χ0) is 21.9. The van der Waals surface area contributed by atoms with Crippen molar-refractivity contribution in [1.29, 1.82) is 0 Å². The van der Waals surface area contributed by atoms with Crippen molar-refractivity contribution in [2.75, 3.05) is 62.8 Å². The van der Waals surface area contributed by atoms with Crippen LogP contribution in [0.25, 0.3) is 22.3 Å². The highest BCUT2D eigenvalue weighted by Crippen LogP contribution is 2.32. The molecule has 1 atom stereocenters. The lowest BCUT2D eigenvalue weighted by Crippen LogP contribution is -2.42. The molecule has 2 aliphatic rings. The average Bonchev–Trinajstić information content (AvgIpc) is 2.83. The second-order valence-corrected chi connectivity index (χ2v) is 7.75. The average molecular weight is 442 g/mol. The van der Waals surface area contributed by atoms with E-state index in [0.717, 1.165) is 13.1 Å². The molecule has 4 heterocycles. The summed E-state index contributed by atoms with van der Waals surface area (Å²) in [7, 11) is 0. The summed E-state index contributed by atoms with van der Waals surface area (Å²) in [5.74, 6) is -0.754. The number of nitrogens with one attached hydrogen (secondary N) is 2. The van der Waals surface area contributed by atoms with E-state index in [4.69, 9.17) is 9.47 Å². The van der Waals surface area contributed by atoms with Crippen molar-refractivity contribution in [3.8, 4) is 11.3 Å². The molecule has 10 heteroatoms. The second kappa shape index (κ2) is 9.27. The molecule has 2 aromatic heterocycles. The predicted molar refractivity (Wildman–Crippen MR) is 117 cm³/mol. The molecule has 3 aromatic rings. The molecule has 2 aliphatic heterocycles. The molecule has 0 aliphatic carbocycles. The minimum Gasteiger partial charge on any atom is -0.378 e. The van der Waals surface area contributed by atoms with E-state index in [1.165, 1.54) is 12.1 Å². The lowest BCUT2D eigenvalue weighted by atomic mass is 10.1. The highest BCUT2D eigenvalue weighted by molar-refractivity contribution is 5.88. The summed E-state index contributed by atoms with van der Waals surface area (Å²) in [6.07, 6.45) is 3.15. The van der Waals surface area contributed by atoms with Crippen LogP contribution in [0.1, 0.15) is 0 Å². The van der Waals surface area contributed by atoms with Crippen LogP contribution in [-0.2, 0) is 9.47 Å². The van der Waals surface area contributed by atoms with Crippen molar-refractivity contribution in [3.05, 3.63) is 42.2 Å². The van der Waals surface area contributed by atoms with Crippen molar-refractivity contribution in [2.45, 2.75) is 6.10 Å². The molecule has 1 aromatic carbocycles.